The molecule has 2 aliphatic rings. The van der Waals surface area contributed by atoms with Crippen LogP contribution in [-0.4, -0.2) is 30.3 Å². The Balaban J connectivity index is 1.61. The first-order valence-electron chi connectivity index (χ1n) is 9.43. The molecule has 0 bridgehead atoms. The maximum Gasteiger partial charge on any atom is 0.190 e. The highest BCUT2D eigenvalue weighted by atomic mass is 16.5. The second-order valence-corrected chi connectivity index (χ2v) is 7.22. The first-order chi connectivity index (χ1) is 13.6. The summed E-state index contributed by atoms with van der Waals surface area (Å²) < 4.78 is 13.0. The number of ether oxygens (including phenoxy) is 2. The molecule has 4 rings (SSSR count). The third-order valence-corrected chi connectivity index (χ3v) is 5.47. The first-order valence-corrected chi connectivity index (χ1v) is 9.43. The molecule has 1 heterocycles. The van der Waals surface area contributed by atoms with E-state index in [1.165, 1.54) is 11.3 Å². The quantitative estimate of drug-likeness (QED) is 0.591. The summed E-state index contributed by atoms with van der Waals surface area (Å²) >= 11 is 0. The SMILES string of the molecule is COc1cc2c(cc1OC)C(=O)C(=C1C=C[N+](Cc3ccccc3)=C(C)C1)C2. The third-order valence-electron chi connectivity index (χ3n) is 5.47. The minimum Gasteiger partial charge on any atom is -0.493 e. The van der Waals surface area contributed by atoms with Crippen LogP contribution >= 0.6 is 0 Å². The van der Waals surface area contributed by atoms with Crippen LogP contribution in [0, 0.1) is 0 Å². The monoisotopic (exact) mass is 374 g/mol. The summed E-state index contributed by atoms with van der Waals surface area (Å²) in [5.74, 6) is 1.35. The van der Waals surface area contributed by atoms with Crippen LogP contribution in [0.3, 0.4) is 0 Å². The molecule has 0 fully saturated rings. The van der Waals surface area contributed by atoms with Crippen molar-refractivity contribution >= 4 is 11.5 Å². The summed E-state index contributed by atoms with van der Waals surface area (Å²) in [6.45, 7) is 2.97. The van der Waals surface area contributed by atoms with E-state index in [1.54, 1.807) is 20.3 Å². The van der Waals surface area contributed by atoms with Crippen LogP contribution in [0.1, 0.15) is 34.8 Å². The number of rotatable bonds is 4. The largest absolute Gasteiger partial charge is 0.493 e. The molecular weight excluding hydrogens is 350 g/mol. The lowest BCUT2D eigenvalue weighted by Crippen LogP contribution is -2.18. The number of hydrogen-bond donors (Lipinski definition) is 0. The fourth-order valence-electron chi connectivity index (χ4n) is 3.89. The lowest BCUT2D eigenvalue weighted by atomic mass is 9.97. The van der Waals surface area contributed by atoms with Gasteiger partial charge in [-0.05, 0) is 23.3 Å². The van der Waals surface area contributed by atoms with Gasteiger partial charge in [0.1, 0.15) is 0 Å². The zero-order valence-corrected chi connectivity index (χ0v) is 16.5. The minimum atomic E-state index is 0.0971. The van der Waals surface area contributed by atoms with Crippen molar-refractivity contribution in [1.29, 1.82) is 0 Å². The normalized spacial score (nSPS) is 18.5. The molecule has 4 nitrogen and oxygen atoms in total. The summed E-state index contributed by atoms with van der Waals surface area (Å²) in [4.78, 5) is 13.0. The second kappa shape index (κ2) is 7.47. The molecule has 0 saturated heterocycles. The van der Waals surface area contributed by atoms with Gasteiger partial charge in [0.05, 0.1) is 20.6 Å². The average Bonchev–Trinajstić information content (AvgIpc) is 3.05. The Hall–Kier alpha value is -3.14. The standard InChI is InChI=1S/C24H24NO3/c1-16-11-18(9-10-25(16)15-17-7-5-4-6-8-17)20-12-19-13-22(27-2)23(28-3)14-21(19)24(20)26/h4-10,13-14H,11-12,15H2,1-3H3/q+1. The van der Waals surface area contributed by atoms with Crippen molar-refractivity contribution in [2.24, 2.45) is 0 Å². The first kappa shape index (κ1) is 18.2. The number of methoxy groups -OCH3 is 2. The van der Waals surface area contributed by atoms with E-state index in [0.29, 0.717) is 17.9 Å². The smallest absolute Gasteiger partial charge is 0.190 e. The van der Waals surface area contributed by atoms with E-state index in [1.807, 2.05) is 12.1 Å². The predicted octanol–water partition coefficient (Wildman–Crippen LogP) is 4.33. The van der Waals surface area contributed by atoms with Crippen LogP contribution < -0.4 is 9.47 Å². The highest BCUT2D eigenvalue weighted by Gasteiger charge is 2.30. The molecule has 2 aromatic carbocycles. The summed E-state index contributed by atoms with van der Waals surface area (Å²) in [5.41, 5.74) is 6.21. The van der Waals surface area contributed by atoms with Crippen molar-refractivity contribution < 1.29 is 18.8 Å². The van der Waals surface area contributed by atoms with Crippen molar-refractivity contribution in [3.8, 4) is 11.5 Å². The zero-order valence-electron chi connectivity index (χ0n) is 16.5. The highest BCUT2D eigenvalue weighted by molar-refractivity contribution is 6.14. The average molecular weight is 374 g/mol. The number of benzene rings is 2. The van der Waals surface area contributed by atoms with Crippen LogP contribution in [0.2, 0.25) is 0 Å². The van der Waals surface area contributed by atoms with E-state index in [0.717, 1.165) is 35.2 Å². The Morgan fingerprint density at radius 2 is 1.71 bits per heavy atom. The van der Waals surface area contributed by atoms with E-state index < -0.39 is 0 Å². The summed E-state index contributed by atoms with van der Waals surface area (Å²) in [6.07, 6.45) is 5.60. The number of carbonyl (C=O) groups is 1. The Morgan fingerprint density at radius 3 is 2.39 bits per heavy atom. The summed E-state index contributed by atoms with van der Waals surface area (Å²) in [5, 5.41) is 0. The van der Waals surface area contributed by atoms with Crippen molar-refractivity contribution in [2.45, 2.75) is 26.3 Å². The Kier molecular flexibility index (Phi) is 4.86. The highest BCUT2D eigenvalue weighted by Crippen LogP contribution is 2.38. The molecule has 0 aromatic heterocycles. The fraction of sp³-hybridized carbons (Fsp3) is 0.250. The van der Waals surface area contributed by atoms with Gasteiger partial charge < -0.3 is 9.47 Å². The Bertz CT molecular complexity index is 1030. The predicted molar refractivity (Wildman–Crippen MR) is 109 cm³/mol. The third kappa shape index (κ3) is 3.26. The fourth-order valence-corrected chi connectivity index (χ4v) is 3.89. The molecule has 4 heteroatoms. The molecule has 0 atom stereocenters. The lowest BCUT2D eigenvalue weighted by Gasteiger charge is -2.11. The van der Waals surface area contributed by atoms with Gasteiger partial charge in [-0.15, -0.1) is 0 Å². The lowest BCUT2D eigenvalue weighted by molar-refractivity contribution is -0.476. The van der Waals surface area contributed by atoms with Crippen LogP contribution in [0.5, 0.6) is 11.5 Å². The van der Waals surface area contributed by atoms with Gasteiger partial charge in [-0.1, -0.05) is 30.3 Å². The number of Topliss-reactive ketones (excluding diaryl/α,β-unsaturated/α-hetero) is 1. The van der Waals surface area contributed by atoms with Gasteiger partial charge >= 0.3 is 0 Å². The Morgan fingerprint density at radius 1 is 1.00 bits per heavy atom. The Labute approximate surface area is 165 Å². The zero-order chi connectivity index (χ0) is 19.7. The van der Waals surface area contributed by atoms with E-state index in [2.05, 4.69) is 48.0 Å². The molecule has 1 aliphatic heterocycles. The summed E-state index contributed by atoms with van der Waals surface area (Å²) in [6, 6.07) is 14.1. The molecule has 1 aliphatic carbocycles. The summed E-state index contributed by atoms with van der Waals surface area (Å²) in [7, 11) is 3.20. The van der Waals surface area contributed by atoms with E-state index in [-0.39, 0.29) is 5.78 Å². The van der Waals surface area contributed by atoms with Crippen LogP contribution in [0.15, 0.2) is 65.9 Å². The topological polar surface area (TPSA) is 38.5 Å². The van der Waals surface area contributed by atoms with Crippen molar-refractivity contribution in [3.05, 3.63) is 82.6 Å². The molecule has 28 heavy (non-hydrogen) atoms. The molecular formula is C24H24NO3+. The maximum absolute atomic E-state index is 13.0. The number of allylic oxidation sites excluding steroid dienone is 3. The maximum atomic E-state index is 13.0. The molecule has 142 valence electrons. The van der Waals surface area contributed by atoms with Crippen LogP contribution in [0.25, 0.3) is 0 Å². The number of carbonyl (C=O) groups excluding carboxylic acids is 1. The number of ketones is 1. The number of fused-ring (bicyclic) bond motifs is 1. The minimum absolute atomic E-state index is 0.0971. The molecule has 0 amide bonds. The van der Waals surface area contributed by atoms with E-state index >= 15 is 0 Å². The van der Waals surface area contributed by atoms with Gasteiger partial charge in [0.15, 0.2) is 35.7 Å². The molecule has 0 radical (unpaired) electrons. The number of nitrogens with zero attached hydrogens (tertiary/aromatic N) is 1. The van der Waals surface area contributed by atoms with Gasteiger partial charge in [-0.2, -0.15) is 0 Å². The molecule has 0 saturated carbocycles. The van der Waals surface area contributed by atoms with Crippen LogP contribution in [-0.2, 0) is 13.0 Å². The van der Waals surface area contributed by atoms with Gasteiger partial charge in [0.2, 0.25) is 0 Å². The van der Waals surface area contributed by atoms with Crippen molar-refractivity contribution in [3.63, 3.8) is 0 Å². The molecule has 0 N–H and O–H groups in total. The van der Waals surface area contributed by atoms with Crippen LogP contribution in [0.4, 0.5) is 0 Å². The van der Waals surface area contributed by atoms with Crippen molar-refractivity contribution in [2.75, 3.05) is 14.2 Å². The number of hydrogen-bond acceptors (Lipinski definition) is 3. The van der Waals surface area contributed by atoms with Gasteiger partial charge in [-0.3, -0.25) is 4.79 Å². The van der Waals surface area contributed by atoms with Gasteiger partial charge in [0.25, 0.3) is 0 Å². The van der Waals surface area contributed by atoms with Crippen molar-refractivity contribution in [1.82, 2.24) is 0 Å². The van der Waals surface area contributed by atoms with Gasteiger partial charge in [0, 0.05) is 36.1 Å². The molecule has 0 unspecified atom stereocenters. The second-order valence-electron chi connectivity index (χ2n) is 7.22. The van der Waals surface area contributed by atoms with Gasteiger partial charge in [-0.25, -0.2) is 4.58 Å². The molecule has 2 aromatic rings. The van der Waals surface area contributed by atoms with E-state index in [9.17, 15) is 4.79 Å². The molecule has 0 spiro atoms. The van der Waals surface area contributed by atoms with E-state index in [4.69, 9.17) is 9.47 Å².